The summed E-state index contributed by atoms with van der Waals surface area (Å²) >= 11 is 0.941. The molecule has 0 bridgehead atoms. The van der Waals surface area contributed by atoms with Gasteiger partial charge in [-0.1, -0.05) is 0 Å². The molecule has 1 aliphatic rings. The van der Waals surface area contributed by atoms with E-state index in [0.29, 0.717) is 4.88 Å². The Morgan fingerprint density at radius 1 is 1.32 bits per heavy atom. The quantitative estimate of drug-likeness (QED) is 0.739. The monoisotopic (exact) mass is 379 g/mol. The van der Waals surface area contributed by atoms with Crippen molar-refractivity contribution in [3.63, 3.8) is 0 Å². The molecule has 1 aliphatic heterocycles. The van der Waals surface area contributed by atoms with Crippen molar-refractivity contribution >= 4 is 17.2 Å². The number of amides is 1. The zero-order valence-corrected chi connectivity index (χ0v) is 13.9. The van der Waals surface area contributed by atoms with Gasteiger partial charge in [-0.05, 0) is 24.6 Å². The van der Waals surface area contributed by atoms with Gasteiger partial charge in [0.25, 0.3) is 11.8 Å². The van der Waals surface area contributed by atoms with Crippen molar-refractivity contribution in [2.45, 2.75) is 24.9 Å². The van der Waals surface area contributed by atoms with Crippen molar-refractivity contribution in [2.75, 3.05) is 13.1 Å². The largest absolute Gasteiger partial charge is 0.433 e. The second-order valence-corrected chi connectivity index (χ2v) is 6.97. The maximum atomic E-state index is 13.4. The Bertz CT molecular complexity index is 795. The molecule has 1 fully saturated rings. The fourth-order valence-electron chi connectivity index (χ4n) is 2.74. The van der Waals surface area contributed by atoms with Crippen LogP contribution in [0.1, 0.15) is 28.2 Å². The minimum absolute atomic E-state index is 0.0860. The van der Waals surface area contributed by atoms with E-state index >= 15 is 0 Å². The molecule has 136 valence electrons. The van der Waals surface area contributed by atoms with Gasteiger partial charge in [-0.15, -0.1) is 11.3 Å². The first-order chi connectivity index (χ1) is 11.6. The molecule has 3 heterocycles. The lowest BCUT2D eigenvalue weighted by Gasteiger charge is -2.32. The average Bonchev–Trinajstić information content (AvgIpc) is 3.11. The Morgan fingerprint density at radius 2 is 2.04 bits per heavy atom. The number of alkyl halides is 5. The summed E-state index contributed by atoms with van der Waals surface area (Å²) in [5.74, 6) is -3.45. The third-order valence-electron chi connectivity index (χ3n) is 3.92. The summed E-state index contributed by atoms with van der Waals surface area (Å²) in [7, 11) is 1.18. The van der Waals surface area contributed by atoms with Crippen molar-refractivity contribution in [1.82, 2.24) is 14.7 Å². The minimum Gasteiger partial charge on any atom is -0.332 e. The molecule has 0 aromatic carbocycles. The Balaban J connectivity index is 1.82. The summed E-state index contributed by atoms with van der Waals surface area (Å²) in [5.41, 5.74) is -0.817. The van der Waals surface area contributed by atoms with E-state index in [-0.39, 0.29) is 30.0 Å². The third kappa shape index (κ3) is 3.68. The van der Waals surface area contributed by atoms with E-state index in [1.54, 1.807) is 0 Å². The van der Waals surface area contributed by atoms with E-state index < -0.39 is 30.2 Å². The number of aromatic nitrogens is 2. The molecular formula is C15H14F5N3OS. The van der Waals surface area contributed by atoms with E-state index in [2.05, 4.69) is 5.10 Å². The molecular weight excluding hydrogens is 365 g/mol. The molecule has 2 aromatic rings. The standard InChI is InChI=1S/C15H14F5N3OS/c1-22-12(15(18,19)20)7-9(21-22)10-3-4-11(25-10)13(24)23-6-2-5-14(16,17)8-23/h3-4,7H,2,5-6,8H2,1H3. The van der Waals surface area contributed by atoms with Crippen LogP contribution in [0.2, 0.25) is 0 Å². The van der Waals surface area contributed by atoms with Crippen LogP contribution < -0.4 is 0 Å². The maximum Gasteiger partial charge on any atom is 0.433 e. The normalized spacial score (nSPS) is 17.8. The number of aryl methyl sites for hydroxylation is 1. The van der Waals surface area contributed by atoms with Crippen LogP contribution in [0.25, 0.3) is 10.6 Å². The van der Waals surface area contributed by atoms with Gasteiger partial charge in [0, 0.05) is 20.0 Å². The second-order valence-electron chi connectivity index (χ2n) is 5.89. The lowest BCUT2D eigenvalue weighted by Crippen LogP contribution is -2.45. The summed E-state index contributed by atoms with van der Waals surface area (Å²) < 4.78 is 66.1. The maximum absolute atomic E-state index is 13.4. The second kappa shape index (κ2) is 6.08. The van der Waals surface area contributed by atoms with Crippen molar-refractivity contribution in [2.24, 2.45) is 7.05 Å². The fourth-order valence-corrected chi connectivity index (χ4v) is 3.67. The molecule has 25 heavy (non-hydrogen) atoms. The zero-order chi connectivity index (χ0) is 18.4. The number of carbonyl (C=O) groups excluding carboxylic acids is 1. The van der Waals surface area contributed by atoms with Gasteiger partial charge in [0.15, 0.2) is 0 Å². The van der Waals surface area contributed by atoms with Gasteiger partial charge in [-0.2, -0.15) is 18.3 Å². The smallest absolute Gasteiger partial charge is 0.332 e. The Labute approximate surface area is 143 Å². The van der Waals surface area contributed by atoms with Gasteiger partial charge in [-0.3, -0.25) is 9.48 Å². The van der Waals surface area contributed by atoms with Gasteiger partial charge in [0.05, 0.1) is 16.3 Å². The molecule has 10 heteroatoms. The van der Waals surface area contributed by atoms with Crippen molar-refractivity contribution in [3.8, 4) is 10.6 Å². The number of thiophene rings is 1. The Morgan fingerprint density at radius 3 is 2.64 bits per heavy atom. The summed E-state index contributed by atoms with van der Waals surface area (Å²) in [6.07, 6.45) is -4.57. The molecule has 0 aliphatic carbocycles. The first kappa shape index (κ1) is 17.8. The molecule has 0 atom stereocenters. The van der Waals surface area contributed by atoms with Crippen LogP contribution in [-0.2, 0) is 13.2 Å². The van der Waals surface area contributed by atoms with E-state index in [1.807, 2.05) is 0 Å². The van der Waals surface area contributed by atoms with E-state index in [9.17, 15) is 26.7 Å². The molecule has 0 saturated carbocycles. The topological polar surface area (TPSA) is 38.1 Å². The van der Waals surface area contributed by atoms with Gasteiger partial charge in [0.2, 0.25) is 0 Å². The minimum atomic E-state index is -4.53. The molecule has 0 radical (unpaired) electrons. The molecule has 1 saturated heterocycles. The molecule has 0 spiro atoms. The van der Waals surface area contributed by atoms with Crippen LogP contribution >= 0.6 is 11.3 Å². The predicted octanol–water partition coefficient (Wildman–Crippen LogP) is 4.04. The molecule has 1 amide bonds. The highest BCUT2D eigenvalue weighted by atomic mass is 32.1. The third-order valence-corrected chi connectivity index (χ3v) is 5.02. The van der Waals surface area contributed by atoms with Crippen molar-refractivity contribution in [1.29, 1.82) is 0 Å². The molecule has 0 N–H and O–H groups in total. The lowest BCUT2D eigenvalue weighted by molar-refractivity contribution is -0.143. The highest BCUT2D eigenvalue weighted by molar-refractivity contribution is 7.17. The Hall–Kier alpha value is -1.97. The predicted molar refractivity (Wildman–Crippen MR) is 81.6 cm³/mol. The van der Waals surface area contributed by atoms with Crippen molar-refractivity contribution in [3.05, 3.63) is 28.8 Å². The first-order valence-electron chi connectivity index (χ1n) is 7.45. The number of nitrogens with zero attached hydrogens (tertiary/aromatic N) is 3. The van der Waals surface area contributed by atoms with Crippen molar-refractivity contribution < 1.29 is 26.7 Å². The van der Waals surface area contributed by atoms with Gasteiger partial charge in [0.1, 0.15) is 11.4 Å². The molecule has 4 nitrogen and oxygen atoms in total. The van der Waals surface area contributed by atoms with E-state index in [0.717, 1.165) is 27.0 Å². The average molecular weight is 379 g/mol. The number of halogens is 5. The first-order valence-corrected chi connectivity index (χ1v) is 8.27. The van der Waals surface area contributed by atoms with Gasteiger partial charge >= 0.3 is 6.18 Å². The lowest BCUT2D eigenvalue weighted by atomic mass is 10.1. The van der Waals surface area contributed by atoms with E-state index in [4.69, 9.17) is 0 Å². The van der Waals surface area contributed by atoms with Gasteiger partial charge in [-0.25, -0.2) is 8.78 Å². The number of rotatable bonds is 2. The fraction of sp³-hybridized carbons (Fsp3) is 0.467. The van der Waals surface area contributed by atoms with Crippen LogP contribution in [-0.4, -0.2) is 39.6 Å². The van der Waals surface area contributed by atoms with Crippen LogP contribution in [0.4, 0.5) is 22.0 Å². The summed E-state index contributed by atoms with van der Waals surface area (Å²) in [6.45, 7) is -0.398. The Kier molecular flexibility index (Phi) is 4.34. The van der Waals surface area contributed by atoms with Crippen LogP contribution in [0.15, 0.2) is 18.2 Å². The SMILES string of the molecule is Cn1nc(-c2ccc(C(=O)N3CCCC(F)(F)C3)s2)cc1C(F)(F)F. The van der Waals surface area contributed by atoms with Crippen LogP contribution in [0.3, 0.4) is 0 Å². The molecule has 0 unspecified atom stereocenters. The molecule has 3 rings (SSSR count). The number of hydrogen-bond donors (Lipinski definition) is 0. The highest BCUT2D eigenvalue weighted by Crippen LogP contribution is 2.35. The zero-order valence-electron chi connectivity index (χ0n) is 13.1. The summed E-state index contributed by atoms with van der Waals surface area (Å²) in [5, 5.41) is 3.82. The summed E-state index contributed by atoms with van der Waals surface area (Å²) in [6, 6.07) is 3.80. The van der Waals surface area contributed by atoms with Crippen LogP contribution in [0.5, 0.6) is 0 Å². The number of hydrogen-bond acceptors (Lipinski definition) is 3. The number of carbonyl (C=O) groups is 1. The van der Waals surface area contributed by atoms with Crippen LogP contribution in [0, 0.1) is 0 Å². The number of likely N-dealkylation sites (tertiary alicyclic amines) is 1. The van der Waals surface area contributed by atoms with Gasteiger partial charge < -0.3 is 4.90 Å². The highest BCUT2D eigenvalue weighted by Gasteiger charge is 2.38. The van der Waals surface area contributed by atoms with E-state index in [1.165, 1.54) is 19.2 Å². The molecule has 2 aromatic heterocycles. The number of piperidine rings is 1. The summed E-state index contributed by atoms with van der Waals surface area (Å²) in [4.78, 5) is 14.0.